The molecule has 0 aliphatic rings. The van der Waals surface area contributed by atoms with Gasteiger partial charge in [-0.3, -0.25) is 9.69 Å². The third kappa shape index (κ3) is 5.35. The Kier molecular flexibility index (Phi) is 6.32. The van der Waals surface area contributed by atoms with Gasteiger partial charge in [-0.2, -0.15) is 0 Å². The largest absolute Gasteiger partial charge is 0.330 e. The molecular formula is C14H19N3O2. The van der Waals surface area contributed by atoms with Gasteiger partial charge in [-0.25, -0.2) is 4.79 Å². The molecule has 3 N–H and O–H groups in total. The molecule has 1 aromatic carbocycles. The summed E-state index contributed by atoms with van der Waals surface area (Å²) in [6, 6.07) is 7.41. The summed E-state index contributed by atoms with van der Waals surface area (Å²) in [5.74, 6) is 0. The molecule has 19 heavy (non-hydrogen) atoms. The summed E-state index contributed by atoms with van der Waals surface area (Å²) in [6.45, 7) is 2.76. The molecule has 0 saturated heterocycles. The average Bonchev–Trinajstić information content (AvgIpc) is 2.39. The Bertz CT molecular complexity index is 458. The molecular weight excluding hydrogens is 242 g/mol. The first-order chi connectivity index (χ1) is 9.17. The van der Waals surface area contributed by atoms with Gasteiger partial charge in [0.25, 0.3) is 0 Å². The number of amides is 3. The van der Waals surface area contributed by atoms with Crippen LogP contribution in [0.2, 0.25) is 0 Å². The molecule has 0 bridgehead atoms. The van der Waals surface area contributed by atoms with Gasteiger partial charge < -0.3 is 11.1 Å². The topological polar surface area (TPSA) is 75.4 Å². The summed E-state index contributed by atoms with van der Waals surface area (Å²) >= 11 is 0. The van der Waals surface area contributed by atoms with Crippen LogP contribution in [0.15, 0.2) is 30.5 Å². The van der Waals surface area contributed by atoms with Gasteiger partial charge in [-0.1, -0.05) is 29.8 Å². The van der Waals surface area contributed by atoms with Gasteiger partial charge in [0.15, 0.2) is 0 Å². The summed E-state index contributed by atoms with van der Waals surface area (Å²) in [4.78, 5) is 23.4. The van der Waals surface area contributed by atoms with Crippen LogP contribution < -0.4 is 11.1 Å². The molecule has 1 aromatic rings. The van der Waals surface area contributed by atoms with Crippen molar-refractivity contribution in [3.63, 3.8) is 0 Å². The first kappa shape index (κ1) is 14.9. The van der Waals surface area contributed by atoms with E-state index >= 15 is 0 Å². The van der Waals surface area contributed by atoms with E-state index in [1.54, 1.807) is 6.08 Å². The zero-order valence-electron chi connectivity index (χ0n) is 11.0. The summed E-state index contributed by atoms with van der Waals surface area (Å²) in [6.07, 6.45) is 4.39. The van der Waals surface area contributed by atoms with Crippen LogP contribution in [-0.4, -0.2) is 30.4 Å². The number of imide groups is 1. The Morgan fingerprint density at radius 2 is 2.26 bits per heavy atom. The zero-order chi connectivity index (χ0) is 14.1. The molecule has 3 amide bonds. The summed E-state index contributed by atoms with van der Waals surface area (Å²) in [5, 5.41) is 2.54. The molecule has 0 fully saturated rings. The van der Waals surface area contributed by atoms with E-state index in [1.807, 2.05) is 31.2 Å². The number of rotatable bonds is 6. The van der Waals surface area contributed by atoms with Gasteiger partial charge in [0.2, 0.25) is 6.41 Å². The fourth-order valence-electron chi connectivity index (χ4n) is 1.53. The summed E-state index contributed by atoms with van der Waals surface area (Å²) in [5.41, 5.74) is 7.46. The molecule has 5 nitrogen and oxygen atoms in total. The van der Waals surface area contributed by atoms with E-state index in [9.17, 15) is 9.59 Å². The van der Waals surface area contributed by atoms with Crippen molar-refractivity contribution in [3.8, 4) is 0 Å². The fraction of sp³-hybridized carbons (Fsp3) is 0.286. The average molecular weight is 261 g/mol. The summed E-state index contributed by atoms with van der Waals surface area (Å²) < 4.78 is 0. The van der Waals surface area contributed by atoms with E-state index in [1.165, 1.54) is 6.20 Å². The minimum absolute atomic E-state index is 0.324. The predicted octanol–water partition coefficient (Wildman–Crippen LogP) is 1.48. The number of aryl methyl sites for hydroxylation is 1. The van der Waals surface area contributed by atoms with Crippen LogP contribution in [0.25, 0.3) is 6.08 Å². The standard InChI is InChI=1S/C14H19N3O2/c1-12-4-2-5-13(10-12)6-8-16-14(19)17(11-18)9-3-7-15/h2,4-6,8,10-11H,3,7,9,15H2,1H3,(H,16,19)/b8-6+. The van der Waals surface area contributed by atoms with E-state index in [-0.39, 0.29) is 0 Å². The van der Waals surface area contributed by atoms with Crippen molar-refractivity contribution in [2.45, 2.75) is 13.3 Å². The number of urea groups is 1. The van der Waals surface area contributed by atoms with Crippen molar-refractivity contribution < 1.29 is 9.59 Å². The molecule has 1 rings (SSSR count). The Labute approximate surface area is 113 Å². The Morgan fingerprint density at radius 1 is 1.47 bits per heavy atom. The molecule has 0 saturated carbocycles. The van der Waals surface area contributed by atoms with Crippen molar-refractivity contribution in [2.75, 3.05) is 13.1 Å². The number of hydrogen-bond donors (Lipinski definition) is 2. The maximum absolute atomic E-state index is 11.6. The Balaban J connectivity index is 2.50. The van der Waals surface area contributed by atoms with Gasteiger partial charge in [0, 0.05) is 12.7 Å². The van der Waals surface area contributed by atoms with Crippen LogP contribution in [0.5, 0.6) is 0 Å². The molecule has 0 aliphatic heterocycles. The number of carbonyl (C=O) groups excluding carboxylic acids is 2. The maximum atomic E-state index is 11.6. The van der Waals surface area contributed by atoms with E-state index in [0.29, 0.717) is 25.9 Å². The first-order valence-electron chi connectivity index (χ1n) is 6.13. The van der Waals surface area contributed by atoms with Gasteiger partial charge in [-0.05, 0) is 31.5 Å². The lowest BCUT2D eigenvalue weighted by molar-refractivity contribution is -0.115. The Hall–Kier alpha value is -2.14. The minimum Gasteiger partial charge on any atom is -0.330 e. The molecule has 5 heteroatoms. The highest BCUT2D eigenvalue weighted by Crippen LogP contribution is 2.05. The molecule has 0 heterocycles. The number of nitrogens with two attached hydrogens (primary N) is 1. The van der Waals surface area contributed by atoms with Crippen molar-refractivity contribution in [1.29, 1.82) is 0 Å². The van der Waals surface area contributed by atoms with Gasteiger partial charge in [-0.15, -0.1) is 0 Å². The number of benzene rings is 1. The molecule has 102 valence electrons. The van der Waals surface area contributed by atoms with E-state index in [4.69, 9.17) is 5.73 Å². The van der Waals surface area contributed by atoms with Crippen LogP contribution in [0.3, 0.4) is 0 Å². The number of hydrogen-bond acceptors (Lipinski definition) is 3. The van der Waals surface area contributed by atoms with Gasteiger partial charge in [0.1, 0.15) is 0 Å². The molecule has 0 spiro atoms. The number of nitrogens with one attached hydrogen (secondary N) is 1. The second-order valence-corrected chi connectivity index (χ2v) is 4.14. The van der Waals surface area contributed by atoms with Crippen LogP contribution in [-0.2, 0) is 4.79 Å². The van der Waals surface area contributed by atoms with Gasteiger partial charge in [0.05, 0.1) is 0 Å². The lowest BCUT2D eigenvalue weighted by atomic mass is 10.1. The number of carbonyl (C=O) groups is 2. The molecule has 0 unspecified atom stereocenters. The van der Waals surface area contributed by atoms with Gasteiger partial charge >= 0.3 is 6.03 Å². The minimum atomic E-state index is -0.452. The number of nitrogens with zero attached hydrogens (tertiary/aromatic N) is 1. The highest BCUT2D eigenvalue weighted by atomic mass is 16.2. The quantitative estimate of drug-likeness (QED) is 0.762. The molecule has 0 aromatic heterocycles. The SMILES string of the molecule is Cc1cccc(/C=C/NC(=O)N(C=O)CCCN)c1. The first-order valence-corrected chi connectivity index (χ1v) is 6.13. The van der Waals surface area contributed by atoms with Crippen molar-refractivity contribution >= 4 is 18.5 Å². The second kappa shape index (κ2) is 8.05. The van der Waals surface area contributed by atoms with Crippen molar-refractivity contribution in [1.82, 2.24) is 10.2 Å². The summed E-state index contributed by atoms with van der Waals surface area (Å²) in [7, 11) is 0. The molecule has 0 radical (unpaired) electrons. The van der Waals surface area contributed by atoms with Crippen molar-refractivity contribution in [3.05, 3.63) is 41.6 Å². The highest BCUT2D eigenvalue weighted by Gasteiger charge is 2.09. The lowest BCUT2D eigenvalue weighted by Crippen LogP contribution is -2.37. The molecule has 0 atom stereocenters. The monoisotopic (exact) mass is 261 g/mol. The van der Waals surface area contributed by atoms with Crippen LogP contribution >= 0.6 is 0 Å². The third-order valence-corrected chi connectivity index (χ3v) is 2.52. The lowest BCUT2D eigenvalue weighted by Gasteiger charge is -2.13. The van der Waals surface area contributed by atoms with E-state index in [0.717, 1.165) is 16.0 Å². The third-order valence-electron chi connectivity index (χ3n) is 2.52. The smallest absolute Gasteiger partial charge is 0.327 e. The van der Waals surface area contributed by atoms with Crippen LogP contribution in [0, 0.1) is 6.92 Å². The Morgan fingerprint density at radius 3 is 2.89 bits per heavy atom. The fourth-order valence-corrected chi connectivity index (χ4v) is 1.53. The predicted molar refractivity (Wildman–Crippen MR) is 75.2 cm³/mol. The maximum Gasteiger partial charge on any atom is 0.327 e. The van der Waals surface area contributed by atoms with E-state index in [2.05, 4.69) is 5.32 Å². The van der Waals surface area contributed by atoms with Crippen LogP contribution in [0.4, 0.5) is 4.79 Å². The van der Waals surface area contributed by atoms with Crippen molar-refractivity contribution in [2.24, 2.45) is 5.73 Å². The highest BCUT2D eigenvalue weighted by molar-refractivity contribution is 5.85. The second-order valence-electron chi connectivity index (χ2n) is 4.14. The normalized spacial score (nSPS) is 10.4. The van der Waals surface area contributed by atoms with E-state index < -0.39 is 6.03 Å². The van der Waals surface area contributed by atoms with Crippen LogP contribution in [0.1, 0.15) is 17.5 Å². The zero-order valence-corrected chi connectivity index (χ0v) is 11.0. The molecule has 0 aliphatic carbocycles.